The number of hydrogen-bond acceptors (Lipinski definition) is 6. The second-order valence-corrected chi connectivity index (χ2v) is 9.01. The van der Waals surface area contributed by atoms with Gasteiger partial charge >= 0.3 is 0 Å². The van der Waals surface area contributed by atoms with Crippen LogP contribution in [0, 0.1) is 29.9 Å². The van der Waals surface area contributed by atoms with Crippen LogP contribution in [0.4, 0.5) is 17.1 Å². The number of nitrogen functional groups attached to an aromatic ring is 2. The number of aromatic amines is 1. The van der Waals surface area contributed by atoms with Crippen LogP contribution in [-0.4, -0.2) is 34.9 Å². The molecular weight excluding hydrogens is 458 g/mol. The standard InChI is InChI=1S/C20H24N4O4.C7H9N/c1-13-15(6-7-22-13)17(10-23(2)12-25)16-8-19(24(26)27)18(21)9-20(16)28-11-14-4-3-5-14;1-6-2-4-7(8)5-3-6/h6-10,12,14,22H,3-5,11,21H2,1-2H3;2-5H,8H2,1H3/b17-10+;. The monoisotopic (exact) mass is 491 g/mol. The van der Waals surface area contributed by atoms with Crippen molar-refractivity contribution in [1.29, 1.82) is 0 Å². The lowest BCUT2D eigenvalue weighted by atomic mass is 9.86. The van der Waals surface area contributed by atoms with Crippen LogP contribution >= 0.6 is 0 Å². The molecule has 190 valence electrons. The Bertz CT molecular complexity index is 1210. The first kappa shape index (κ1) is 26.3. The van der Waals surface area contributed by atoms with Crippen molar-refractivity contribution in [2.24, 2.45) is 5.92 Å². The van der Waals surface area contributed by atoms with E-state index in [0.29, 0.717) is 35.8 Å². The fraction of sp³-hybridized carbons (Fsp3) is 0.296. The molecule has 0 unspecified atom stereocenters. The zero-order chi connectivity index (χ0) is 26.2. The number of nitrogens with one attached hydrogen (secondary N) is 1. The first-order valence-corrected chi connectivity index (χ1v) is 11.8. The Hall–Kier alpha value is -4.27. The van der Waals surface area contributed by atoms with Crippen LogP contribution in [0.5, 0.6) is 5.75 Å². The van der Waals surface area contributed by atoms with Gasteiger partial charge in [-0.1, -0.05) is 24.1 Å². The summed E-state index contributed by atoms with van der Waals surface area (Å²) >= 11 is 0. The van der Waals surface area contributed by atoms with Gasteiger partial charge in [0.25, 0.3) is 5.69 Å². The Balaban J connectivity index is 0.000000383. The normalized spacial score (nSPS) is 13.2. The lowest BCUT2D eigenvalue weighted by Gasteiger charge is -2.26. The fourth-order valence-corrected chi connectivity index (χ4v) is 3.77. The second kappa shape index (κ2) is 11.9. The zero-order valence-corrected chi connectivity index (χ0v) is 20.9. The van der Waals surface area contributed by atoms with Crippen LogP contribution in [-0.2, 0) is 4.79 Å². The highest BCUT2D eigenvalue weighted by atomic mass is 16.6. The van der Waals surface area contributed by atoms with E-state index in [2.05, 4.69) is 4.98 Å². The number of anilines is 2. The molecule has 1 fully saturated rings. The predicted molar refractivity (Wildman–Crippen MR) is 142 cm³/mol. The number of H-pyrrole nitrogens is 1. The van der Waals surface area contributed by atoms with Crippen molar-refractivity contribution in [3.63, 3.8) is 0 Å². The minimum absolute atomic E-state index is 0.0474. The van der Waals surface area contributed by atoms with Gasteiger partial charge in [0, 0.05) is 59.7 Å². The van der Waals surface area contributed by atoms with E-state index >= 15 is 0 Å². The molecular formula is C27H33N5O4. The van der Waals surface area contributed by atoms with E-state index in [1.807, 2.05) is 44.2 Å². The smallest absolute Gasteiger partial charge is 0.293 e. The topological polar surface area (TPSA) is 141 Å². The average Bonchev–Trinajstić information content (AvgIpc) is 3.24. The maximum atomic E-state index is 11.5. The van der Waals surface area contributed by atoms with Crippen LogP contribution in [0.15, 0.2) is 54.9 Å². The number of nitrogens with two attached hydrogens (primary N) is 2. The molecule has 1 aliphatic carbocycles. The summed E-state index contributed by atoms with van der Waals surface area (Å²) < 4.78 is 6.03. The molecule has 1 aromatic heterocycles. The van der Waals surface area contributed by atoms with E-state index in [-0.39, 0.29) is 11.4 Å². The largest absolute Gasteiger partial charge is 0.493 e. The van der Waals surface area contributed by atoms with Crippen molar-refractivity contribution < 1.29 is 14.5 Å². The number of carbonyl (C=O) groups excluding carboxylic acids is 1. The third kappa shape index (κ3) is 6.65. The van der Waals surface area contributed by atoms with E-state index in [1.54, 1.807) is 19.4 Å². The summed E-state index contributed by atoms with van der Waals surface area (Å²) in [5.74, 6) is 0.962. The summed E-state index contributed by atoms with van der Waals surface area (Å²) in [6.45, 7) is 4.47. The van der Waals surface area contributed by atoms with Crippen molar-refractivity contribution in [3.8, 4) is 5.75 Å². The number of aromatic nitrogens is 1. The summed E-state index contributed by atoms with van der Waals surface area (Å²) in [6.07, 6.45) is 7.51. The molecule has 1 heterocycles. The van der Waals surface area contributed by atoms with E-state index in [1.165, 1.54) is 29.0 Å². The van der Waals surface area contributed by atoms with Gasteiger partial charge in [-0.25, -0.2) is 0 Å². The molecule has 0 saturated heterocycles. The molecule has 9 heteroatoms. The summed E-state index contributed by atoms with van der Waals surface area (Å²) in [5.41, 5.74) is 16.1. The number of hydrogen-bond donors (Lipinski definition) is 3. The van der Waals surface area contributed by atoms with Gasteiger partial charge in [-0.3, -0.25) is 14.9 Å². The van der Waals surface area contributed by atoms with Crippen LogP contribution in [0.3, 0.4) is 0 Å². The van der Waals surface area contributed by atoms with Gasteiger partial charge in [0.2, 0.25) is 6.41 Å². The maximum absolute atomic E-state index is 11.5. The van der Waals surface area contributed by atoms with E-state index in [9.17, 15) is 14.9 Å². The number of carbonyl (C=O) groups is 1. The number of ether oxygens (including phenoxy) is 1. The van der Waals surface area contributed by atoms with Crippen LogP contribution < -0.4 is 16.2 Å². The quantitative estimate of drug-likeness (QED) is 0.174. The Morgan fingerprint density at radius 3 is 2.36 bits per heavy atom. The third-order valence-corrected chi connectivity index (χ3v) is 6.14. The first-order valence-electron chi connectivity index (χ1n) is 11.8. The van der Waals surface area contributed by atoms with Crippen molar-refractivity contribution in [2.45, 2.75) is 33.1 Å². The molecule has 0 bridgehead atoms. The molecule has 2 aromatic carbocycles. The summed E-state index contributed by atoms with van der Waals surface area (Å²) in [6, 6.07) is 12.6. The van der Waals surface area contributed by atoms with Gasteiger partial charge in [-0.15, -0.1) is 0 Å². The van der Waals surface area contributed by atoms with E-state index < -0.39 is 4.92 Å². The van der Waals surface area contributed by atoms with Crippen molar-refractivity contribution in [1.82, 2.24) is 9.88 Å². The number of nitrogens with zero attached hydrogens (tertiary/aromatic N) is 2. The van der Waals surface area contributed by atoms with Crippen molar-refractivity contribution >= 4 is 29.0 Å². The van der Waals surface area contributed by atoms with Crippen LogP contribution in [0.25, 0.3) is 5.57 Å². The lowest BCUT2D eigenvalue weighted by molar-refractivity contribution is -0.383. The van der Waals surface area contributed by atoms with Gasteiger partial charge < -0.3 is 26.1 Å². The summed E-state index contributed by atoms with van der Waals surface area (Å²) in [7, 11) is 1.61. The van der Waals surface area contributed by atoms with Crippen molar-refractivity contribution in [2.75, 3.05) is 25.1 Å². The molecule has 36 heavy (non-hydrogen) atoms. The minimum atomic E-state index is -0.514. The molecule has 1 saturated carbocycles. The lowest BCUT2D eigenvalue weighted by Crippen LogP contribution is -2.20. The number of rotatable bonds is 8. The highest BCUT2D eigenvalue weighted by Crippen LogP contribution is 2.39. The first-order chi connectivity index (χ1) is 17.2. The molecule has 0 radical (unpaired) electrons. The van der Waals surface area contributed by atoms with Gasteiger partial charge in [-0.2, -0.15) is 0 Å². The van der Waals surface area contributed by atoms with Gasteiger partial charge in [0.15, 0.2) is 0 Å². The van der Waals surface area contributed by atoms with Crippen molar-refractivity contribution in [3.05, 3.63) is 87.4 Å². The number of nitro benzene ring substituents is 1. The molecule has 0 atom stereocenters. The Morgan fingerprint density at radius 1 is 1.17 bits per heavy atom. The highest BCUT2D eigenvalue weighted by Gasteiger charge is 2.24. The fourth-order valence-electron chi connectivity index (χ4n) is 3.77. The molecule has 1 amide bonds. The molecule has 0 aliphatic heterocycles. The Kier molecular flexibility index (Phi) is 8.72. The Labute approximate surface area is 210 Å². The van der Waals surface area contributed by atoms with E-state index in [4.69, 9.17) is 16.2 Å². The minimum Gasteiger partial charge on any atom is -0.493 e. The van der Waals surface area contributed by atoms with E-state index in [0.717, 1.165) is 29.8 Å². The molecule has 4 rings (SSSR count). The molecule has 9 nitrogen and oxygen atoms in total. The van der Waals surface area contributed by atoms with Gasteiger partial charge in [0.1, 0.15) is 11.4 Å². The van der Waals surface area contributed by atoms with Crippen LogP contribution in [0.1, 0.15) is 41.6 Å². The number of benzene rings is 2. The summed E-state index contributed by atoms with van der Waals surface area (Å²) in [5, 5.41) is 11.5. The zero-order valence-electron chi connectivity index (χ0n) is 20.9. The number of amides is 1. The molecule has 5 N–H and O–H groups in total. The molecule has 1 aliphatic rings. The Morgan fingerprint density at radius 2 is 1.86 bits per heavy atom. The predicted octanol–water partition coefficient (Wildman–Crippen LogP) is 5.05. The summed E-state index contributed by atoms with van der Waals surface area (Å²) in [4.78, 5) is 26.6. The molecule has 0 spiro atoms. The average molecular weight is 492 g/mol. The SMILES string of the molecule is Cc1[nH]ccc1/C(=C\N(C)C=O)c1cc([N+](=O)[O-])c(N)cc1OCC1CCC1.Cc1ccc(N)cc1. The second-order valence-electron chi connectivity index (χ2n) is 9.01. The number of nitro groups is 1. The molecule has 3 aromatic rings. The van der Waals surface area contributed by atoms with Gasteiger partial charge in [0.05, 0.1) is 11.5 Å². The van der Waals surface area contributed by atoms with Gasteiger partial charge in [-0.05, 0) is 50.8 Å². The van der Waals surface area contributed by atoms with Crippen LogP contribution in [0.2, 0.25) is 0 Å². The highest BCUT2D eigenvalue weighted by molar-refractivity contribution is 5.87. The number of aryl methyl sites for hydroxylation is 2. The third-order valence-electron chi connectivity index (χ3n) is 6.14. The maximum Gasteiger partial charge on any atom is 0.293 e.